The molecule has 1 heterocycles. The van der Waals surface area contributed by atoms with Gasteiger partial charge in [-0.25, -0.2) is 4.39 Å². The first-order valence-electron chi connectivity index (χ1n) is 8.78. The number of carbonyl (C=O) groups is 2. The minimum absolute atomic E-state index is 0.113. The fourth-order valence-corrected chi connectivity index (χ4v) is 3.31. The van der Waals surface area contributed by atoms with Gasteiger partial charge in [0.25, 0.3) is 5.91 Å². The van der Waals surface area contributed by atoms with E-state index in [1.165, 1.54) is 41.3 Å². The van der Waals surface area contributed by atoms with Crippen LogP contribution < -0.4 is 10.2 Å². The third-order valence-corrected chi connectivity index (χ3v) is 4.76. The van der Waals surface area contributed by atoms with Gasteiger partial charge in [0.1, 0.15) is 17.6 Å². The first-order valence-corrected chi connectivity index (χ1v) is 8.78. The number of rotatable bonds is 4. The van der Waals surface area contributed by atoms with Crippen molar-refractivity contribution in [2.75, 3.05) is 4.90 Å². The molecule has 0 unspecified atom stereocenters. The number of anilines is 1. The molecular weight excluding hydrogens is 359 g/mol. The van der Waals surface area contributed by atoms with Crippen LogP contribution >= 0.6 is 0 Å². The normalized spacial score (nSPS) is 18.1. The first kappa shape index (κ1) is 17.7. The fraction of sp³-hybridized carbons (Fsp3) is 0.0909. The Labute approximate surface area is 161 Å². The molecule has 140 valence electrons. The van der Waals surface area contributed by atoms with E-state index in [9.17, 15) is 19.1 Å². The molecule has 0 bridgehead atoms. The number of amides is 2. The summed E-state index contributed by atoms with van der Waals surface area (Å²) in [5, 5.41) is 12.3. The summed E-state index contributed by atoms with van der Waals surface area (Å²) in [6.45, 7) is 0. The van der Waals surface area contributed by atoms with Crippen LogP contribution in [-0.4, -0.2) is 23.0 Å². The molecule has 3 aromatic carbocycles. The molecule has 1 saturated heterocycles. The Bertz CT molecular complexity index is 1000. The minimum atomic E-state index is -0.789. The van der Waals surface area contributed by atoms with E-state index >= 15 is 0 Å². The van der Waals surface area contributed by atoms with Crippen LogP contribution in [0.2, 0.25) is 0 Å². The van der Waals surface area contributed by atoms with E-state index in [-0.39, 0.29) is 17.6 Å². The predicted molar refractivity (Wildman–Crippen MR) is 102 cm³/mol. The van der Waals surface area contributed by atoms with E-state index in [0.717, 1.165) is 5.56 Å². The largest absolute Gasteiger partial charge is 0.508 e. The number of carbonyl (C=O) groups excluding carboxylic acids is 2. The van der Waals surface area contributed by atoms with Gasteiger partial charge in [-0.15, -0.1) is 0 Å². The number of hydrogen-bond acceptors (Lipinski definition) is 3. The Balaban J connectivity index is 1.75. The SMILES string of the molecule is O=C1N[C@H](c2ccc(O)cc2)[C@H]1N(C(=O)c1ccccc1)c1ccc(F)cc1. The van der Waals surface area contributed by atoms with Gasteiger partial charge >= 0.3 is 0 Å². The van der Waals surface area contributed by atoms with Crippen LogP contribution in [0.25, 0.3) is 0 Å². The number of hydrogen-bond donors (Lipinski definition) is 2. The van der Waals surface area contributed by atoms with Crippen molar-refractivity contribution in [3.05, 3.63) is 95.8 Å². The Kier molecular flexibility index (Phi) is 4.53. The number of phenols is 1. The molecular formula is C22H17FN2O3. The van der Waals surface area contributed by atoms with Gasteiger partial charge in [0, 0.05) is 11.3 Å². The zero-order chi connectivity index (χ0) is 19.7. The molecule has 2 atom stereocenters. The number of β-lactam (4-membered cyclic amide) rings is 1. The molecule has 28 heavy (non-hydrogen) atoms. The van der Waals surface area contributed by atoms with E-state index in [4.69, 9.17) is 0 Å². The lowest BCUT2D eigenvalue weighted by molar-refractivity contribution is -0.130. The van der Waals surface area contributed by atoms with Gasteiger partial charge in [-0.2, -0.15) is 0 Å². The maximum atomic E-state index is 13.4. The van der Waals surface area contributed by atoms with E-state index in [2.05, 4.69) is 5.32 Å². The maximum absolute atomic E-state index is 13.4. The van der Waals surface area contributed by atoms with Gasteiger partial charge in [-0.3, -0.25) is 14.5 Å². The second-order valence-electron chi connectivity index (χ2n) is 6.54. The van der Waals surface area contributed by atoms with Gasteiger partial charge in [-0.05, 0) is 54.1 Å². The molecule has 0 aromatic heterocycles. The second-order valence-corrected chi connectivity index (χ2v) is 6.54. The Hall–Kier alpha value is -3.67. The van der Waals surface area contributed by atoms with Crippen molar-refractivity contribution in [3.63, 3.8) is 0 Å². The van der Waals surface area contributed by atoms with Crippen molar-refractivity contribution in [1.82, 2.24) is 5.32 Å². The first-order chi connectivity index (χ1) is 13.5. The van der Waals surface area contributed by atoms with Crippen molar-refractivity contribution in [2.24, 2.45) is 0 Å². The van der Waals surface area contributed by atoms with Crippen molar-refractivity contribution >= 4 is 17.5 Å². The molecule has 5 nitrogen and oxygen atoms in total. The Morgan fingerprint density at radius 1 is 0.929 bits per heavy atom. The van der Waals surface area contributed by atoms with Gasteiger partial charge in [-0.1, -0.05) is 30.3 Å². The average Bonchev–Trinajstić information content (AvgIpc) is 2.72. The third-order valence-electron chi connectivity index (χ3n) is 4.76. The highest BCUT2D eigenvalue weighted by Gasteiger charge is 2.47. The summed E-state index contributed by atoms with van der Waals surface area (Å²) < 4.78 is 13.4. The van der Waals surface area contributed by atoms with Crippen LogP contribution in [0.4, 0.5) is 10.1 Å². The lowest BCUT2D eigenvalue weighted by Crippen LogP contribution is -2.65. The number of aromatic hydroxyl groups is 1. The molecule has 0 aliphatic carbocycles. The summed E-state index contributed by atoms with van der Waals surface area (Å²) in [5.41, 5.74) is 1.62. The summed E-state index contributed by atoms with van der Waals surface area (Å²) in [6.07, 6.45) is 0. The molecule has 3 aromatic rings. The molecule has 1 aliphatic heterocycles. The highest BCUT2D eigenvalue weighted by molar-refractivity contribution is 6.11. The molecule has 1 fully saturated rings. The lowest BCUT2D eigenvalue weighted by Gasteiger charge is -2.44. The van der Waals surface area contributed by atoms with Gasteiger partial charge in [0.15, 0.2) is 0 Å². The van der Waals surface area contributed by atoms with Crippen LogP contribution in [0.3, 0.4) is 0 Å². The summed E-state index contributed by atoms with van der Waals surface area (Å²) in [7, 11) is 0. The van der Waals surface area contributed by atoms with E-state index in [1.54, 1.807) is 42.5 Å². The van der Waals surface area contributed by atoms with Crippen LogP contribution in [0.1, 0.15) is 22.0 Å². The third kappa shape index (κ3) is 3.20. The number of phenolic OH excluding ortho intramolecular Hbond substituents is 1. The Morgan fingerprint density at radius 2 is 1.57 bits per heavy atom. The van der Waals surface area contributed by atoms with Crippen molar-refractivity contribution in [2.45, 2.75) is 12.1 Å². The van der Waals surface area contributed by atoms with Crippen LogP contribution in [0.15, 0.2) is 78.9 Å². The Morgan fingerprint density at radius 3 is 2.18 bits per heavy atom. The molecule has 1 aliphatic rings. The maximum Gasteiger partial charge on any atom is 0.259 e. The molecule has 4 rings (SSSR count). The number of benzene rings is 3. The molecule has 2 N–H and O–H groups in total. The quantitative estimate of drug-likeness (QED) is 0.686. The summed E-state index contributed by atoms with van der Waals surface area (Å²) in [4.78, 5) is 27.1. The lowest BCUT2D eigenvalue weighted by atomic mass is 9.89. The standard InChI is InChI=1S/C22H17FN2O3/c23-16-8-10-17(11-9-16)25(22(28)15-4-2-1-3-5-15)20-19(24-21(20)27)14-6-12-18(26)13-7-14/h1-13,19-20,26H,(H,24,27)/t19-,20-/m1/s1. The number of nitrogens with one attached hydrogen (secondary N) is 1. The summed E-state index contributed by atoms with van der Waals surface area (Å²) in [6, 6.07) is 19.3. The predicted octanol–water partition coefficient (Wildman–Crippen LogP) is 3.42. The number of nitrogens with zero attached hydrogens (tertiary/aromatic N) is 1. The monoisotopic (exact) mass is 376 g/mol. The topological polar surface area (TPSA) is 69.6 Å². The second kappa shape index (κ2) is 7.15. The van der Waals surface area contributed by atoms with E-state index < -0.39 is 17.9 Å². The summed E-state index contributed by atoms with van der Waals surface area (Å²) >= 11 is 0. The highest BCUT2D eigenvalue weighted by Crippen LogP contribution is 2.34. The van der Waals surface area contributed by atoms with Gasteiger partial charge in [0.2, 0.25) is 5.91 Å². The van der Waals surface area contributed by atoms with Crippen molar-refractivity contribution < 1.29 is 19.1 Å². The minimum Gasteiger partial charge on any atom is -0.508 e. The smallest absolute Gasteiger partial charge is 0.259 e. The van der Waals surface area contributed by atoms with Crippen LogP contribution in [0.5, 0.6) is 5.75 Å². The molecule has 0 spiro atoms. The molecule has 0 saturated carbocycles. The van der Waals surface area contributed by atoms with Crippen LogP contribution in [-0.2, 0) is 4.79 Å². The van der Waals surface area contributed by atoms with E-state index in [1.807, 2.05) is 0 Å². The summed E-state index contributed by atoms with van der Waals surface area (Å²) in [5.74, 6) is -0.965. The van der Waals surface area contributed by atoms with Crippen molar-refractivity contribution in [1.29, 1.82) is 0 Å². The average molecular weight is 376 g/mol. The molecule has 6 heteroatoms. The van der Waals surface area contributed by atoms with Gasteiger partial charge < -0.3 is 10.4 Å². The number of halogens is 1. The highest BCUT2D eigenvalue weighted by atomic mass is 19.1. The van der Waals surface area contributed by atoms with Crippen molar-refractivity contribution in [3.8, 4) is 5.75 Å². The molecule has 2 amide bonds. The zero-order valence-electron chi connectivity index (χ0n) is 14.7. The van der Waals surface area contributed by atoms with E-state index in [0.29, 0.717) is 11.3 Å². The molecule has 0 radical (unpaired) electrons. The van der Waals surface area contributed by atoms with Gasteiger partial charge in [0.05, 0.1) is 6.04 Å². The van der Waals surface area contributed by atoms with Crippen LogP contribution in [0, 0.1) is 5.82 Å². The fourth-order valence-electron chi connectivity index (χ4n) is 3.31. The zero-order valence-corrected chi connectivity index (χ0v) is 14.7.